The lowest BCUT2D eigenvalue weighted by Gasteiger charge is -2.11. The van der Waals surface area contributed by atoms with Gasteiger partial charge in [0.25, 0.3) is 0 Å². The topological polar surface area (TPSA) is 311 Å². The normalized spacial score (nSPS) is 10.9. The summed E-state index contributed by atoms with van der Waals surface area (Å²) in [5, 5.41) is 4.56. The number of benzene rings is 6. The number of aliphatic imine (C=N–C) groups is 1. The number of esters is 5. The van der Waals surface area contributed by atoms with Crippen molar-refractivity contribution in [2.75, 3.05) is 82.5 Å². The van der Waals surface area contributed by atoms with Crippen LogP contribution < -0.4 is 44.1 Å². The van der Waals surface area contributed by atoms with E-state index in [1.165, 1.54) is 45.3 Å². The van der Waals surface area contributed by atoms with Crippen LogP contribution >= 0.6 is 138 Å². The van der Waals surface area contributed by atoms with Gasteiger partial charge in [0.05, 0.1) is 91.4 Å². The molecule has 13 aromatic rings. The highest BCUT2D eigenvalue weighted by atomic mass is 35.5. The maximum atomic E-state index is 12.1. The number of fused-ring (bicyclic) bond motifs is 1. The molecule has 0 aliphatic carbocycles. The molecule has 0 saturated carbocycles. The number of nitrogen functional groups attached to an aromatic ring is 2. The molecule has 1 aliphatic heterocycles. The van der Waals surface area contributed by atoms with Crippen LogP contribution in [0.2, 0.25) is 15.1 Å². The third-order valence-electron chi connectivity index (χ3n) is 16.6. The van der Waals surface area contributed by atoms with Gasteiger partial charge in [0.15, 0.2) is 5.78 Å². The number of Topliss-reactive ketones (excluding diaryl/α,β-unsaturated/α-hetero) is 1. The largest absolute Gasteiger partial charge is 0.462 e. The zero-order valence-electron chi connectivity index (χ0n) is 67.4. The Kier molecular flexibility index (Phi) is 37.4. The Morgan fingerprint density at radius 3 is 1.11 bits per heavy atom. The third kappa shape index (κ3) is 25.1. The summed E-state index contributed by atoms with van der Waals surface area (Å²) in [6.07, 6.45) is 1.00. The second-order valence-electron chi connectivity index (χ2n) is 25.3. The number of anilines is 4. The first-order chi connectivity index (χ1) is 58.4. The molecule has 8 heterocycles. The number of aryl methyl sites for hydroxylation is 1. The van der Waals surface area contributed by atoms with Crippen molar-refractivity contribution in [2.45, 2.75) is 54.4 Å². The van der Waals surface area contributed by atoms with Gasteiger partial charge in [-0.25, -0.2) is 43.3 Å². The fraction of sp³-hybridized carbons (Fsp3) is 0.195. The Labute approximate surface area is 758 Å². The van der Waals surface area contributed by atoms with E-state index in [2.05, 4.69) is 24.0 Å². The molecule has 122 heavy (non-hydrogen) atoms. The molecule has 6 aromatic carbocycles. The number of carbonyl (C=O) groups excluding carboxylic acids is 6. The number of carbonyl (C=O) groups is 6. The first kappa shape index (κ1) is 96.8. The van der Waals surface area contributed by atoms with E-state index in [-0.39, 0.29) is 53.9 Å². The summed E-state index contributed by atoms with van der Waals surface area (Å²) < 4.78 is 25.4. The van der Waals surface area contributed by atoms with Crippen molar-refractivity contribution >= 4 is 205 Å². The number of nitrogens with two attached hydrogens (primary N) is 3. The van der Waals surface area contributed by atoms with Crippen molar-refractivity contribution in [3.05, 3.63) is 285 Å². The lowest BCUT2D eigenvalue weighted by molar-refractivity contribution is 0.0516. The van der Waals surface area contributed by atoms with Crippen LogP contribution in [-0.2, 0) is 30.1 Å². The van der Waals surface area contributed by atoms with E-state index in [0.717, 1.165) is 83.9 Å². The van der Waals surface area contributed by atoms with Gasteiger partial charge in [-0.05, 0) is 92.6 Å². The standard InChI is InChI=1S/C15H16ClNO2S.C15H17NO2S.C15H16O2S.C13H9ClN2OS.C13H12ClNO2S.C13H13NO2S.C3Cl3N3O3/c1-4-19-15(18)11-12(16)13(20-14(11)17(2)3)10-8-6-5-7-9-10;1-4-18-15(17)12-10-13(19-14(12)16(2)3)11-8-6-5-7-9-11;1-3-13-12(15(16)17-4-2)10-14(18-13)11-8-6-5-7-9-11;14-11-10-8(17)6-9(15)16-13(10)18-12(11)7-4-2-1-3-5-7;1-2-17-13(16)9-10(14)11(18-12(9)15)8-6-4-3-5-7-8;1-2-16-13(15)10-8-11(17-12(10)14)9-6-4-3-5-7-9;4-7-1(10)8(5)3(12)9(6)2(7)11/h5-9H,4H2,1-3H3;5-10H,4H2,1-3H3;5-10H,3-4H2,1-2H3;1-5H,6H2,(H2,15,16);3-7H,2,15H2,1H3;3-8H,2,14H2,1H3;. The van der Waals surface area contributed by atoms with Crippen molar-refractivity contribution in [1.29, 1.82) is 0 Å². The molecular formula is C87H83Cl6N9O14S6. The lowest BCUT2D eigenvalue weighted by atomic mass is 10.1. The number of ether oxygens (including phenoxy) is 5. The van der Waals surface area contributed by atoms with Gasteiger partial charge in [-0.15, -0.1) is 80.3 Å². The molecule has 14 rings (SSSR count). The predicted molar refractivity (Wildman–Crippen MR) is 503 cm³/mol. The number of halogens is 6. The fourth-order valence-electron chi connectivity index (χ4n) is 11.0. The number of ketones is 1. The molecule has 0 bridgehead atoms. The summed E-state index contributed by atoms with van der Waals surface area (Å²) in [6, 6.07) is 64.7. The summed E-state index contributed by atoms with van der Waals surface area (Å²) in [5.41, 5.74) is 23.1. The van der Waals surface area contributed by atoms with Gasteiger partial charge in [-0.1, -0.05) is 224 Å². The molecule has 0 unspecified atom stereocenters. The highest BCUT2D eigenvalue weighted by molar-refractivity contribution is 7.22. The summed E-state index contributed by atoms with van der Waals surface area (Å²) in [7, 11) is 7.64. The third-order valence-corrected chi connectivity index (χ3v) is 26.2. The quantitative estimate of drug-likeness (QED) is 0.0500. The first-order valence-corrected chi connectivity index (χ1v) is 44.3. The van der Waals surface area contributed by atoms with Crippen molar-refractivity contribution in [3.8, 4) is 62.6 Å². The number of rotatable bonds is 19. The van der Waals surface area contributed by atoms with Crippen molar-refractivity contribution in [3.63, 3.8) is 0 Å². The number of hydrogen-bond acceptors (Lipinski definition) is 26. The molecule has 0 saturated heterocycles. The molecule has 0 amide bonds. The van der Waals surface area contributed by atoms with E-state index in [9.17, 15) is 43.2 Å². The Balaban J connectivity index is 0.000000177. The molecule has 1 aliphatic rings. The summed E-state index contributed by atoms with van der Waals surface area (Å²) in [4.78, 5) is 118. The molecule has 0 atom stereocenters. The molecule has 0 spiro atoms. The molecule has 0 radical (unpaired) electrons. The van der Waals surface area contributed by atoms with Gasteiger partial charge >= 0.3 is 46.9 Å². The molecule has 638 valence electrons. The zero-order chi connectivity index (χ0) is 89.0. The van der Waals surface area contributed by atoms with E-state index in [1.807, 2.05) is 234 Å². The van der Waals surface area contributed by atoms with Crippen LogP contribution in [0.4, 0.5) is 25.0 Å². The molecule has 7 aromatic heterocycles. The van der Waals surface area contributed by atoms with Crippen LogP contribution in [-0.4, -0.2) is 115 Å². The Morgan fingerprint density at radius 2 is 0.713 bits per heavy atom. The number of aromatic nitrogens is 3. The highest BCUT2D eigenvalue weighted by Gasteiger charge is 2.30. The predicted octanol–water partition coefficient (Wildman–Crippen LogP) is 21.9. The SMILES string of the molecule is CCOC(=O)c1c(N(C)C)sc(-c2ccccc2)c1Cl.CCOC(=O)c1c(N)sc(-c2ccccc2)c1Cl.CCOC(=O)c1cc(-c2ccccc2)sc1CC.CCOC(=O)c1cc(-c2ccccc2)sc1N.CCOC(=O)c1cc(-c2ccccc2)sc1N(C)C.NC1=Nc2sc(-c3ccccc3)c(Cl)c2C(=O)C1.O=c1n(Cl)c(=O)n(Cl)c(=O)n1Cl. The Morgan fingerprint density at radius 1 is 0.385 bits per heavy atom. The zero-order valence-corrected chi connectivity index (χ0v) is 76.8. The van der Waals surface area contributed by atoms with E-state index in [0.29, 0.717) is 96.8 Å². The second kappa shape index (κ2) is 47.1. The van der Waals surface area contributed by atoms with E-state index < -0.39 is 23.0 Å². The molecule has 6 N–H and O–H groups in total. The average Bonchev–Trinajstić information content (AvgIpc) is 1.67. The van der Waals surface area contributed by atoms with Crippen molar-refractivity contribution in [2.24, 2.45) is 10.7 Å². The minimum Gasteiger partial charge on any atom is -0.462 e. The van der Waals surface area contributed by atoms with Gasteiger partial charge in [0, 0.05) is 83.0 Å². The van der Waals surface area contributed by atoms with E-state index in [4.69, 9.17) is 111 Å². The minimum absolute atomic E-state index is 0.0547. The fourth-order valence-corrected chi connectivity index (χ4v) is 19.2. The maximum absolute atomic E-state index is 12.1. The Hall–Kier alpha value is -10.6. The summed E-state index contributed by atoms with van der Waals surface area (Å²) in [5.74, 6) is -1.38. The van der Waals surface area contributed by atoms with Gasteiger partial charge in [0.2, 0.25) is 0 Å². The summed E-state index contributed by atoms with van der Waals surface area (Å²) in [6.45, 7) is 12.8. The van der Waals surface area contributed by atoms with Crippen LogP contribution in [0.3, 0.4) is 0 Å². The lowest BCUT2D eigenvalue weighted by Crippen LogP contribution is -2.47. The number of hydrogen-bond donors (Lipinski definition) is 3. The van der Waals surface area contributed by atoms with Crippen LogP contribution in [0.1, 0.15) is 115 Å². The Bertz CT molecular complexity index is 5870. The van der Waals surface area contributed by atoms with Gasteiger partial charge in [-0.2, -0.15) is 0 Å². The van der Waals surface area contributed by atoms with Crippen LogP contribution in [0.5, 0.6) is 0 Å². The van der Waals surface area contributed by atoms with Gasteiger partial charge in [-0.3, -0.25) is 4.79 Å². The van der Waals surface area contributed by atoms with Gasteiger partial charge in [0.1, 0.15) is 42.0 Å². The van der Waals surface area contributed by atoms with Crippen LogP contribution in [0.15, 0.2) is 220 Å². The average molecular weight is 1880 g/mol. The molecule has 0 fully saturated rings. The van der Waals surface area contributed by atoms with E-state index in [1.54, 1.807) is 49.5 Å². The number of amidine groups is 1. The van der Waals surface area contributed by atoms with Crippen LogP contribution in [0, 0.1) is 0 Å². The smallest absolute Gasteiger partial charge is 0.366 e. The number of thiophene rings is 6. The van der Waals surface area contributed by atoms with Crippen molar-refractivity contribution in [1.82, 2.24) is 12.3 Å². The molecular weight excluding hydrogens is 1800 g/mol. The highest BCUT2D eigenvalue weighted by Crippen LogP contribution is 2.49. The maximum Gasteiger partial charge on any atom is 0.366 e. The second-order valence-corrected chi connectivity index (χ2v) is 33.8. The minimum atomic E-state index is -1.16. The first-order valence-electron chi connectivity index (χ1n) is 37.2. The summed E-state index contributed by atoms with van der Waals surface area (Å²) >= 11 is 43.1. The van der Waals surface area contributed by atoms with E-state index >= 15 is 0 Å². The molecule has 35 heteroatoms. The van der Waals surface area contributed by atoms with Crippen LogP contribution in [0.25, 0.3) is 62.6 Å². The number of nitrogens with zero attached hydrogens (tertiary/aromatic N) is 6. The molecule has 23 nitrogen and oxygen atoms in total. The monoisotopic (exact) mass is 1880 g/mol. The van der Waals surface area contributed by atoms with Gasteiger partial charge < -0.3 is 50.7 Å². The van der Waals surface area contributed by atoms with Crippen molar-refractivity contribution < 1.29 is 52.5 Å².